The lowest BCUT2D eigenvalue weighted by molar-refractivity contribution is 0.413. The number of rotatable bonds is 4. The number of thiophene rings is 1. The molecule has 0 fully saturated rings. The molecule has 0 amide bonds. The second-order valence-corrected chi connectivity index (χ2v) is 8.17. The van der Waals surface area contributed by atoms with Gasteiger partial charge in [0.25, 0.3) is 0 Å². The minimum absolute atomic E-state index is 0.731. The number of hydrogen-bond donors (Lipinski definition) is 2. The fourth-order valence-electron chi connectivity index (χ4n) is 3.88. The molecule has 6 nitrogen and oxygen atoms in total. The van der Waals surface area contributed by atoms with Crippen molar-refractivity contribution in [2.75, 3.05) is 7.11 Å². The Balaban J connectivity index is 1.50. The third-order valence-corrected chi connectivity index (χ3v) is 6.28. The van der Waals surface area contributed by atoms with Gasteiger partial charge < -0.3 is 9.72 Å². The van der Waals surface area contributed by atoms with E-state index in [9.17, 15) is 0 Å². The lowest BCUT2D eigenvalue weighted by Crippen LogP contribution is -1.86. The summed E-state index contributed by atoms with van der Waals surface area (Å²) in [5, 5.41) is 12.0. The van der Waals surface area contributed by atoms with Crippen LogP contribution in [0.3, 0.4) is 0 Å². The van der Waals surface area contributed by atoms with Crippen LogP contribution < -0.4 is 4.74 Å². The van der Waals surface area contributed by atoms with Gasteiger partial charge in [0.1, 0.15) is 11.4 Å². The number of H-pyrrole nitrogens is 2. The highest BCUT2D eigenvalue weighted by Crippen LogP contribution is 2.35. The van der Waals surface area contributed by atoms with Crippen LogP contribution in [0.2, 0.25) is 0 Å². The van der Waals surface area contributed by atoms with Crippen molar-refractivity contribution >= 4 is 33.1 Å². The van der Waals surface area contributed by atoms with Gasteiger partial charge >= 0.3 is 0 Å². The molecule has 0 aliphatic rings. The molecule has 150 valence electrons. The minimum Gasteiger partial charge on any atom is -0.495 e. The first kappa shape index (κ1) is 17.9. The largest absolute Gasteiger partial charge is 0.495 e. The van der Waals surface area contributed by atoms with Gasteiger partial charge in [-0.15, -0.1) is 11.3 Å². The summed E-state index contributed by atoms with van der Waals surface area (Å²) in [5.41, 5.74) is 6.88. The first-order valence-electron chi connectivity index (χ1n) is 9.80. The number of ether oxygens (including phenoxy) is 1. The van der Waals surface area contributed by atoms with Gasteiger partial charge in [-0.2, -0.15) is 5.10 Å². The number of aromatic amines is 2. The van der Waals surface area contributed by atoms with Gasteiger partial charge in [0.05, 0.1) is 35.1 Å². The predicted molar refractivity (Wildman–Crippen MR) is 124 cm³/mol. The van der Waals surface area contributed by atoms with E-state index in [1.54, 1.807) is 24.6 Å². The van der Waals surface area contributed by atoms with Crippen LogP contribution in [0.25, 0.3) is 54.9 Å². The van der Waals surface area contributed by atoms with E-state index in [1.165, 1.54) is 0 Å². The Bertz CT molecular complexity index is 1530. The Morgan fingerprint density at radius 3 is 2.71 bits per heavy atom. The van der Waals surface area contributed by atoms with Gasteiger partial charge in [0.2, 0.25) is 0 Å². The Kier molecular flexibility index (Phi) is 4.07. The molecule has 31 heavy (non-hydrogen) atoms. The minimum atomic E-state index is 0.731. The normalized spacial score (nSPS) is 11.4. The SMILES string of the molecule is COc1cncc(-c2ccc3[nH]nc(-c4cc5c(-c6cccs6)nccc5[nH]4)c3c2)c1. The van der Waals surface area contributed by atoms with Crippen molar-refractivity contribution in [3.8, 4) is 38.8 Å². The maximum absolute atomic E-state index is 5.33. The van der Waals surface area contributed by atoms with Crippen LogP contribution in [-0.4, -0.2) is 32.3 Å². The number of methoxy groups -OCH3 is 1. The number of nitrogens with one attached hydrogen (secondary N) is 2. The van der Waals surface area contributed by atoms with Crippen molar-refractivity contribution in [1.29, 1.82) is 0 Å². The molecular weight excluding hydrogens is 406 g/mol. The van der Waals surface area contributed by atoms with Crippen LogP contribution in [0, 0.1) is 0 Å². The summed E-state index contributed by atoms with van der Waals surface area (Å²) < 4.78 is 5.33. The second kappa shape index (κ2) is 7.07. The Labute approximate surface area is 181 Å². The number of pyridine rings is 2. The predicted octanol–water partition coefficient (Wildman–Crippen LogP) is 5.91. The molecule has 0 atom stereocenters. The highest BCUT2D eigenvalue weighted by Gasteiger charge is 2.15. The van der Waals surface area contributed by atoms with E-state index in [-0.39, 0.29) is 0 Å². The van der Waals surface area contributed by atoms with E-state index in [4.69, 9.17) is 4.74 Å². The van der Waals surface area contributed by atoms with Gasteiger partial charge in [-0.1, -0.05) is 12.1 Å². The molecule has 5 heterocycles. The third kappa shape index (κ3) is 2.98. The zero-order chi connectivity index (χ0) is 20.8. The van der Waals surface area contributed by atoms with E-state index in [1.807, 2.05) is 36.7 Å². The molecule has 5 aromatic heterocycles. The fraction of sp³-hybridized carbons (Fsp3) is 0.0417. The highest BCUT2D eigenvalue weighted by atomic mass is 32.1. The Hall–Kier alpha value is -3.97. The van der Waals surface area contributed by atoms with Gasteiger partial charge in [-0.05, 0) is 47.3 Å². The van der Waals surface area contributed by atoms with Gasteiger partial charge in [0.15, 0.2) is 0 Å². The summed E-state index contributed by atoms with van der Waals surface area (Å²) in [5.74, 6) is 0.731. The van der Waals surface area contributed by atoms with Crippen molar-refractivity contribution in [3.63, 3.8) is 0 Å². The van der Waals surface area contributed by atoms with E-state index in [2.05, 4.69) is 54.8 Å². The van der Waals surface area contributed by atoms with Crippen LogP contribution in [-0.2, 0) is 0 Å². The Morgan fingerprint density at radius 2 is 1.84 bits per heavy atom. The van der Waals surface area contributed by atoms with Gasteiger partial charge in [-0.25, -0.2) is 0 Å². The van der Waals surface area contributed by atoms with Crippen molar-refractivity contribution in [2.24, 2.45) is 0 Å². The summed E-state index contributed by atoms with van der Waals surface area (Å²) >= 11 is 1.69. The molecule has 0 saturated heterocycles. The standard InChI is InChI=1S/C24H17N5OS/c1-30-16-9-15(12-25-13-16)14-4-5-20-17(10-14)23(29-28-20)21-11-18-19(27-21)6-7-26-24(18)22-3-2-8-31-22/h2-13,27H,1H3,(H,28,29). The molecule has 0 bridgehead atoms. The van der Waals surface area contributed by atoms with Crippen LogP contribution in [0.4, 0.5) is 0 Å². The molecule has 0 aliphatic heterocycles. The number of fused-ring (bicyclic) bond motifs is 2. The zero-order valence-corrected chi connectivity index (χ0v) is 17.4. The summed E-state index contributed by atoms with van der Waals surface area (Å²) in [6, 6.07) is 16.5. The lowest BCUT2D eigenvalue weighted by atomic mass is 10.0. The van der Waals surface area contributed by atoms with Crippen molar-refractivity contribution in [2.45, 2.75) is 0 Å². The molecule has 0 saturated carbocycles. The topological polar surface area (TPSA) is 79.5 Å². The highest BCUT2D eigenvalue weighted by molar-refractivity contribution is 7.13. The molecule has 6 aromatic rings. The number of nitrogens with zero attached hydrogens (tertiary/aromatic N) is 3. The summed E-state index contributed by atoms with van der Waals surface area (Å²) in [4.78, 5) is 13.6. The van der Waals surface area contributed by atoms with Crippen molar-refractivity contribution in [3.05, 3.63) is 72.5 Å². The molecule has 2 N–H and O–H groups in total. The molecule has 0 radical (unpaired) electrons. The first-order chi connectivity index (χ1) is 15.3. The molecule has 0 unspecified atom stereocenters. The molecule has 6 rings (SSSR count). The smallest absolute Gasteiger partial charge is 0.137 e. The zero-order valence-electron chi connectivity index (χ0n) is 16.6. The monoisotopic (exact) mass is 423 g/mol. The molecule has 1 aromatic carbocycles. The van der Waals surface area contributed by atoms with E-state index in [0.717, 1.165) is 60.6 Å². The van der Waals surface area contributed by atoms with E-state index < -0.39 is 0 Å². The molecular formula is C24H17N5OS. The first-order valence-corrected chi connectivity index (χ1v) is 10.7. The van der Waals surface area contributed by atoms with Crippen molar-refractivity contribution < 1.29 is 4.74 Å². The van der Waals surface area contributed by atoms with Crippen molar-refractivity contribution in [1.82, 2.24) is 25.1 Å². The second-order valence-electron chi connectivity index (χ2n) is 7.23. The summed E-state index contributed by atoms with van der Waals surface area (Å²) in [6.45, 7) is 0. The van der Waals surface area contributed by atoms with Crippen LogP contribution in [0.1, 0.15) is 0 Å². The fourth-order valence-corrected chi connectivity index (χ4v) is 4.61. The average Bonchev–Trinajstić information content (AvgIpc) is 3.57. The number of aromatic nitrogens is 5. The Morgan fingerprint density at radius 1 is 0.903 bits per heavy atom. The summed E-state index contributed by atoms with van der Waals surface area (Å²) in [6.07, 6.45) is 5.38. The van der Waals surface area contributed by atoms with E-state index >= 15 is 0 Å². The van der Waals surface area contributed by atoms with Gasteiger partial charge in [-0.3, -0.25) is 15.1 Å². The average molecular weight is 424 g/mol. The quantitative estimate of drug-likeness (QED) is 0.370. The third-order valence-electron chi connectivity index (χ3n) is 5.40. The number of hydrogen-bond acceptors (Lipinski definition) is 5. The molecule has 0 spiro atoms. The van der Waals surface area contributed by atoms with Gasteiger partial charge in [0, 0.05) is 34.2 Å². The number of benzene rings is 1. The van der Waals surface area contributed by atoms with Crippen LogP contribution in [0.15, 0.2) is 72.5 Å². The maximum atomic E-state index is 5.33. The lowest BCUT2D eigenvalue weighted by Gasteiger charge is -2.04. The molecule has 0 aliphatic carbocycles. The maximum Gasteiger partial charge on any atom is 0.137 e. The van der Waals surface area contributed by atoms with Crippen LogP contribution in [0.5, 0.6) is 5.75 Å². The molecule has 7 heteroatoms. The summed E-state index contributed by atoms with van der Waals surface area (Å²) in [7, 11) is 1.65. The van der Waals surface area contributed by atoms with E-state index in [0.29, 0.717) is 0 Å². The van der Waals surface area contributed by atoms with Crippen LogP contribution >= 0.6 is 11.3 Å².